The Kier molecular flexibility index (Phi) is 8.48. The Morgan fingerprint density at radius 2 is 2.03 bits per heavy atom. The third kappa shape index (κ3) is 8.06. The lowest BCUT2D eigenvalue weighted by Crippen LogP contribution is -2.40. The molecular formula is C24H33F2N5O3S. The molecule has 0 atom stereocenters. The van der Waals surface area contributed by atoms with E-state index in [9.17, 15) is 13.6 Å². The molecule has 3 heterocycles. The first-order valence-corrected chi connectivity index (χ1v) is 13.0. The molecule has 2 aromatic rings. The zero-order valence-corrected chi connectivity index (χ0v) is 21.1. The number of hydrogen-bond acceptors (Lipinski definition) is 8. The molecule has 2 aromatic heterocycles. The van der Waals surface area contributed by atoms with Gasteiger partial charge in [-0.1, -0.05) is 11.3 Å². The summed E-state index contributed by atoms with van der Waals surface area (Å²) in [6, 6.07) is 0.188. The fraction of sp³-hybridized carbons (Fsp3) is 0.667. The molecule has 35 heavy (non-hydrogen) atoms. The molecule has 0 unspecified atom stereocenters. The predicted octanol–water partition coefficient (Wildman–Crippen LogP) is 3.78. The van der Waals surface area contributed by atoms with Gasteiger partial charge in [-0.25, -0.2) is 18.7 Å². The number of thiazole rings is 1. The highest BCUT2D eigenvalue weighted by atomic mass is 32.1. The van der Waals surface area contributed by atoms with Crippen molar-refractivity contribution in [2.45, 2.75) is 70.9 Å². The van der Waals surface area contributed by atoms with Crippen molar-refractivity contribution in [3.63, 3.8) is 0 Å². The Morgan fingerprint density at radius 1 is 1.23 bits per heavy atom. The van der Waals surface area contributed by atoms with Crippen molar-refractivity contribution in [2.24, 2.45) is 5.92 Å². The second-order valence-corrected chi connectivity index (χ2v) is 10.6. The van der Waals surface area contributed by atoms with E-state index < -0.39 is 12.5 Å². The summed E-state index contributed by atoms with van der Waals surface area (Å²) in [6.45, 7) is 4.69. The average molecular weight is 510 g/mol. The van der Waals surface area contributed by atoms with Gasteiger partial charge in [-0.15, -0.1) is 0 Å². The standard InChI is InChI=1S/C24H33F2N5O3S/c1-16-11-28-22(12-27-16)33-14-21(32)29-18-5-3-17(4-6-18)7-9-31-10-8-20-19(13-31)30-23(35-20)34-15-24(2,25)26/h11-12,17-18H,3-10,13-15H2,1-2H3,(H,29,32)/t17-,18-. The summed E-state index contributed by atoms with van der Waals surface area (Å²) in [6.07, 6.45) is 9.25. The van der Waals surface area contributed by atoms with E-state index in [0.29, 0.717) is 17.0 Å². The Hall–Kier alpha value is -2.40. The Balaban J connectivity index is 1.12. The third-order valence-electron chi connectivity index (χ3n) is 6.41. The lowest BCUT2D eigenvalue weighted by Gasteiger charge is -2.31. The molecule has 192 valence electrons. The summed E-state index contributed by atoms with van der Waals surface area (Å²) in [5.74, 6) is -1.99. The van der Waals surface area contributed by atoms with Crippen molar-refractivity contribution in [1.82, 2.24) is 25.2 Å². The minimum Gasteiger partial charge on any atom is -0.466 e. The Labute approximate surface area is 208 Å². The summed E-state index contributed by atoms with van der Waals surface area (Å²) >= 11 is 1.39. The number of aromatic nitrogens is 3. The minimum atomic E-state index is -2.86. The van der Waals surface area contributed by atoms with Gasteiger partial charge in [-0.2, -0.15) is 0 Å². The van der Waals surface area contributed by atoms with Gasteiger partial charge in [-0.3, -0.25) is 14.7 Å². The minimum absolute atomic E-state index is 0.0567. The first kappa shape index (κ1) is 25.7. The van der Waals surface area contributed by atoms with Crippen LogP contribution in [0.1, 0.15) is 55.3 Å². The number of alkyl halides is 2. The van der Waals surface area contributed by atoms with Gasteiger partial charge in [0.2, 0.25) is 5.88 Å². The largest absolute Gasteiger partial charge is 0.466 e. The van der Waals surface area contributed by atoms with E-state index >= 15 is 0 Å². The monoisotopic (exact) mass is 509 g/mol. The highest BCUT2D eigenvalue weighted by molar-refractivity contribution is 7.13. The number of rotatable bonds is 10. The molecule has 0 spiro atoms. The fourth-order valence-electron chi connectivity index (χ4n) is 4.49. The number of halogens is 2. The van der Waals surface area contributed by atoms with Gasteiger partial charge in [0.05, 0.1) is 23.8 Å². The molecule has 1 N–H and O–H groups in total. The van der Waals surface area contributed by atoms with Gasteiger partial charge in [0.15, 0.2) is 13.2 Å². The van der Waals surface area contributed by atoms with E-state index in [0.717, 1.165) is 81.3 Å². The lowest BCUT2D eigenvalue weighted by atomic mass is 9.84. The summed E-state index contributed by atoms with van der Waals surface area (Å²) in [7, 11) is 0. The van der Waals surface area contributed by atoms with Gasteiger partial charge in [0, 0.05) is 30.9 Å². The zero-order chi connectivity index (χ0) is 24.8. The maximum atomic E-state index is 13.0. The first-order valence-electron chi connectivity index (χ1n) is 12.2. The van der Waals surface area contributed by atoms with Crippen LogP contribution in [-0.2, 0) is 17.8 Å². The van der Waals surface area contributed by atoms with Crippen LogP contribution in [0.3, 0.4) is 0 Å². The lowest BCUT2D eigenvalue weighted by molar-refractivity contribution is -0.124. The van der Waals surface area contributed by atoms with Crippen molar-refractivity contribution >= 4 is 17.2 Å². The quantitative estimate of drug-likeness (QED) is 0.521. The van der Waals surface area contributed by atoms with Crippen LogP contribution in [-0.4, -0.2) is 64.0 Å². The van der Waals surface area contributed by atoms with Crippen LogP contribution >= 0.6 is 11.3 Å². The smallest absolute Gasteiger partial charge is 0.278 e. The van der Waals surface area contributed by atoms with E-state index in [4.69, 9.17) is 9.47 Å². The van der Waals surface area contributed by atoms with E-state index in [1.807, 2.05) is 6.92 Å². The van der Waals surface area contributed by atoms with E-state index in [1.165, 1.54) is 17.5 Å². The van der Waals surface area contributed by atoms with Crippen molar-refractivity contribution in [1.29, 1.82) is 0 Å². The van der Waals surface area contributed by atoms with E-state index in [-0.39, 0.29) is 18.6 Å². The van der Waals surface area contributed by atoms with E-state index in [1.54, 1.807) is 6.20 Å². The number of nitrogens with one attached hydrogen (secondary N) is 1. The molecule has 1 aliphatic heterocycles. The van der Waals surface area contributed by atoms with Crippen molar-refractivity contribution in [2.75, 3.05) is 26.3 Å². The van der Waals surface area contributed by atoms with Gasteiger partial charge < -0.3 is 14.8 Å². The molecule has 2 aliphatic rings. The van der Waals surface area contributed by atoms with Crippen LogP contribution < -0.4 is 14.8 Å². The van der Waals surface area contributed by atoms with Crippen LogP contribution in [0.5, 0.6) is 11.1 Å². The molecule has 1 saturated carbocycles. The van der Waals surface area contributed by atoms with Gasteiger partial charge >= 0.3 is 0 Å². The number of aryl methyl sites for hydroxylation is 1. The van der Waals surface area contributed by atoms with Gasteiger partial charge in [0.1, 0.15) is 0 Å². The van der Waals surface area contributed by atoms with Crippen LogP contribution in [0.15, 0.2) is 12.4 Å². The number of nitrogens with zero attached hydrogens (tertiary/aromatic N) is 4. The summed E-state index contributed by atoms with van der Waals surface area (Å²) < 4.78 is 36.7. The topological polar surface area (TPSA) is 89.5 Å². The molecule has 1 aliphatic carbocycles. The zero-order valence-electron chi connectivity index (χ0n) is 20.3. The molecular weight excluding hydrogens is 476 g/mol. The van der Waals surface area contributed by atoms with Crippen molar-refractivity contribution in [3.05, 3.63) is 28.7 Å². The van der Waals surface area contributed by atoms with Gasteiger partial charge in [0.25, 0.3) is 17.0 Å². The molecule has 1 amide bonds. The second kappa shape index (κ2) is 11.6. The van der Waals surface area contributed by atoms with Crippen LogP contribution in [0.4, 0.5) is 8.78 Å². The maximum absolute atomic E-state index is 13.0. The SMILES string of the molecule is Cc1cnc(OCC(=O)N[C@H]2CC[C@H](CCN3CCc4sc(OCC(C)(F)F)nc4C3)CC2)cn1. The number of carbonyl (C=O) groups is 1. The van der Waals surface area contributed by atoms with Crippen molar-refractivity contribution in [3.8, 4) is 11.1 Å². The number of hydrogen-bond donors (Lipinski definition) is 1. The highest BCUT2D eigenvalue weighted by Gasteiger charge is 2.27. The van der Waals surface area contributed by atoms with Gasteiger partial charge in [-0.05, 0) is 57.9 Å². The first-order chi connectivity index (χ1) is 16.7. The number of amides is 1. The number of fused-ring (bicyclic) bond motifs is 1. The van der Waals surface area contributed by atoms with E-state index in [2.05, 4.69) is 25.2 Å². The van der Waals surface area contributed by atoms with Crippen LogP contribution in [0, 0.1) is 12.8 Å². The number of carbonyl (C=O) groups excluding carboxylic acids is 1. The average Bonchev–Trinajstić information content (AvgIpc) is 3.24. The molecule has 11 heteroatoms. The Bertz CT molecular complexity index is 975. The predicted molar refractivity (Wildman–Crippen MR) is 128 cm³/mol. The Morgan fingerprint density at radius 3 is 2.74 bits per heavy atom. The second-order valence-electron chi connectivity index (χ2n) is 9.59. The van der Waals surface area contributed by atoms with Crippen molar-refractivity contribution < 1.29 is 23.0 Å². The summed E-state index contributed by atoms with van der Waals surface area (Å²) in [5, 5.41) is 3.41. The summed E-state index contributed by atoms with van der Waals surface area (Å²) in [5.41, 5.74) is 1.76. The molecule has 4 rings (SSSR count). The molecule has 0 aromatic carbocycles. The summed E-state index contributed by atoms with van der Waals surface area (Å²) in [4.78, 5) is 28.4. The van der Waals surface area contributed by atoms with Crippen LogP contribution in [0.25, 0.3) is 0 Å². The molecule has 0 bridgehead atoms. The van der Waals surface area contributed by atoms with Crippen LogP contribution in [0.2, 0.25) is 0 Å². The molecule has 1 fully saturated rings. The highest BCUT2D eigenvalue weighted by Crippen LogP contribution is 2.32. The molecule has 8 nitrogen and oxygen atoms in total. The number of ether oxygens (including phenoxy) is 2. The maximum Gasteiger partial charge on any atom is 0.278 e. The molecule has 0 radical (unpaired) electrons. The molecule has 0 saturated heterocycles. The fourth-order valence-corrected chi connectivity index (χ4v) is 5.40. The normalized spacial score (nSPS) is 20.8. The third-order valence-corrected chi connectivity index (χ3v) is 7.48.